The fourth-order valence-corrected chi connectivity index (χ4v) is 3.10. The Morgan fingerprint density at radius 2 is 2.08 bits per heavy atom. The summed E-state index contributed by atoms with van der Waals surface area (Å²) in [5.41, 5.74) is 1.04. The number of methoxy groups -OCH3 is 1. The van der Waals surface area contributed by atoms with Gasteiger partial charge in [-0.2, -0.15) is 0 Å². The molecular weight excluding hydrogens is 449 g/mol. The smallest absolute Gasteiger partial charge is 0.193 e. The number of halogens is 1. The molecule has 6 nitrogen and oxygen atoms in total. The summed E-state index contributed by atoms with van der Waals surface area (Å²) in [6, 6.07) is 0.600. The summed E-state index contributed by atoms with van der Waals surface area (Å²) in [6.07, 6.45) is 1.21. The van der Waals surface area contributed by atoms with E-state index in [4.69, 9.17) is 4.74 Å². The van der Waals surface area contributed by atoms with Crippen molar-refractivity contribution in [1.29, 1.82) is 0 Å². The van der Waals surface area contributed by atoms with Crippen molar-refractivity contribution in [3.63, 3.8) is 0 Å². The Morgan fingerprint density at radius 3 is 2.64 bits per heavy atom. The van der Waals surface area contributed by atoms with Crippen LogP contribution in [-0.4, -0.2) is 68.1 Å². The van der Waals surface area contributed by atoms with Crippen LogP contribution in [0.2, 0.25) is 0 Å². The normalized spacial score (nSPS) is 14.2. The van der Waals surface area contributed by atoms with E-state index in [1.54, 1.807) is 18.4 Å². The maximum Gasteiger partial charge on any atom is 0.193 e. The number of hydrogen-bond acceptors (Lipinski definition) is 5. The average Bonchev–Trinajstić information content (AvgIpc) is 3.05. The van der Waals surface area contributed by atoms with Crippen LogP contribution in [0.5, 0.6) is 0 Å². The summed E-state index contributed by atoms with van der Waals surface area (Å²) in [4.78, 5) is 13.5. The Bertz CT molecular complexity index is 511. The van der Waals surface area contributed by atoms with Crippen molar-refractivity contribution in [2.24, 2.45) is 4.99 Å². The molecule has 0 aromatic carbocycles. The van der Waals surface area contributed by atoms with Gasteiger partial charge in [0.2, 0.25) is 0 Å². The van der Waals surface area contributed by atoms with Gasteiger partial charge in [-0.05, 0) is 27.3 Å². The monoisotopic (exact) mass is 483 g/mol. The molecule has 0 amide bonds. The van der Waals surface area contributed by atoms with Crippen LogP contribution in [0.1, 0.15) is 44.0 Å². The number of likely N-dealkylation sites (N-methyl/N-ethyl adjacent to an activating group) is 1. The maximum atomic E-state index is 5.32. The number of rotatable bonds is 9. The molecule has 1 N–H and O–H groups in total. The van der Waals surface area contributed by atoms with E-state index in [0.29, 0.717) is 6.04 Å². The van der Waals surface area contributed by atoms with Crippen molar-refractivity contribution in [3.8, 4) is 0 Å². The van der Waals surface area contributed by atoms with Crippen molar-refractivity contribution in [3.05, 3.63) is 16.1 Å². The van der Waals surface area contributed by atoms with Crippen molar-refractivity contribution >= 4 is 41.3 Å². The molecule has 0 aliphatic heterocycles. The number of thiazole rings is 1. The van der Waals surface area contributed by atoms with Crippen LogP contribution in [0.25, 0.3) is 0 Å². The molecule has 1 heterocycles. The first-order chi connectivity index (χ1) is 11.4. The first kappa shape index (κ1) is 24.6. The molecular formula is C17H34IN5OS. The van der Waals surface area contributed by atoms with Gasteiger partial charge in [-0.1, -0.05) is 6.92 Å². The lowest BCUT2D eigenvalue weighted by molar-refractivity contribution is 0.119. The number of ether oxygens (including phenoxy) is 1. The molecule has 0 spiro atoms. The largest absolute Gasteiger partial charge is 0.375 e. The van der Waals surface area contributed by atoms with Gasteiger partial charge in [-0.15, -0.1) is 35.3 Å². The highest BCUT2D eigenvalue weighted by atomic mass is 127. The molecule has 0 aliphatic carbocycles. The Kier molecular flexibility index (Phi) is 12.6. The molecule has 0 saturated carbocycles. The first-order valence-corrected chi connectivity index (χ1v) is 9.39. The van der Waals surface area contributed by atoms with E-state index in [9.17, 15) is 0 Å². The second-order valence-electron chi connectivity index (χ2n) is 6.12. The minimum atomic E-state index is 0. The highest BCUT2D eigenvalue weighted by Crippen LogP contribution is 2.20. The molecule has 0 aliphatic rings. The lowest BCUT2D eigenvalue weighted by atomic mass is 10.2. The van der Waals surface area contributed by atoms with Crippen LogP contribution < -0.4 is 5.32 Å². The summed E-state index contributed by atoms with van der Waals surface area (Å²) in [6.45, 7) is 9.08. The Labute approximate surface area is 174 Å². The molecule has 0 bridgehead atoms. The van der Waals surface area contributed by atoms with E-state index in [0.717, 1.165) is 42.7 Å². The molecule has 0 fully saturated rings. The van der Waals surface area contributed by atoms with Gasteiger partial charge in [0.15, 0.2) is 5.96 Å². The minimum absolute atomic E-state index is 0. The van der Waals surface area contributed by atoms with E-state index in [1.807, 2.05) is 21.0 Å². The highest BCUT2D eigenvalue weighted by Gasteiger charge is 2.13. The van der Waals surface area contributed by atoms with E-state index >= 15 is 0 Å². The van der Waals surface area contributed by atoms with Crippen LogP contribution in [0.3, 0.4) is 0 Å². The lowest BCUT2D eigenvalue weighted by Crippen LogP contribution is -2.43. The summed E-state index contributed by atoms with van der Waals surface area (Å²) in [5.74, 6) is 0.891. The maximum absolute atomic E-state index is 5.32. The number of hydrogen-bond donors (Lipinski definition) is 1. The van der Waals surface area contributed by atoms with Gasteiger partial charge in [0.1, 0.15) is 11.1 Å². The number of guanidine groups is 1. The van der Waals surface area contributed by atoms with Gasteiger partial charge in [-0.25, -0.2) is 4.98 Å². The Hall–Kier alpha value is -0.450. The summed E-state index contributed by atoms with van der Waals surface area (Å²) < 4.78 is 5.32. The van der Waals surface area contributed by atoms with E-state index < -0.39 is 0 Å². The van der Waals surface area contributed by atoms with Gasteiger partial charge in [0.05, 0.1) is 12.2 Å². The average molecular weight is 483 g/mol. The SMILES string of the molecule is CCC(C)N(C)CCNC(=NC)N(C)Cc1csc(C(C)OC)n1.I. The Morgan fingerprint density at radius 1 is 1.40 bits per heavy atom. The standard InChI is InChI=1S/C17H33N5OS.HI/c1-8-13(2)21(5)10-9-19-17(18-4)22(6)11-15-12-24-16(20-15)14(3)23-7;/h12-14H,8-11H2,1-7H3,(H,18,19);1H. The molecule has 8 heteroatoms. The van der Waals surface area contributed by atoms with Crippen molar-refractivity contribution in [2.75, 3.05) is 41.3 Å². The quantitative estimate of drug-likeness (QED) is 0.332. The summed E-state index contributed by atoms with van der Waals surface area (Å²) >= 11 is 1.64. The van der Waals surface area contributed by atoms with Crippen LogP contribution in [0, 0.1) is 0 Å². The summed E-state index contributed by atoms with van der Waals surface area (Å²) in [7, 11) is 7.72. The highest BCUT2D eigenvalue weighted by molar-refractivity contribution is 14.0. The van der Waals surface area contributed by atoms with Crippen molar-refractivity contribution in [2.45, 2.75) is 45.9 Å². The molecule has 0 radical (unpaired) electrons. The molecule has 1 aromatic rings. The predicted molar refractivity (Wildman–Crippen MR) is 118 cm³/mol. The van der Waals surface area contributed by atoms with Crippen molar-refractivity contribution in [1.82, 2.24) is 20.1 Å². The van der Waals surface area contributed by atoms with E-state index in [1.165, 1.54) is 0 Å². The third-order valence-corrected chi connectivity index (χ3v) is 5.39. The molecule has 2 unspecified atom stereocenters. The predicted octanol–water partition coefficient (Wildman–Crippen LogP) is 3.21. The van der Waals surface area contributed by atoms with Gasteiger partial charge in [0.25, 0.3) is 0 Å². The minimum Gasteiger partial charge on any atom is -0.375 e. The van der Waals surface area contributed by atoms with Gasteiger partial charge >= 0.3 is 0 Å². The third kappa shape index (κ3) is 8.19. The molecule has 1 aromatic heterocycles. The second-order valence-corrected chi connectivity index (χ2v) is 7.01. The number of aromatic nitrogens is 1. The van der Waals surface area contributed by atoms with Gasteiger partial charge in [0, 0.05) is 45.7 Å². The van der Waals surface area contributed by atoms with Crippen LogP contribution in [0.15, 0.2) is 10.4 Å². The number of nitrogens with zero attached hydrogens (tertiary/aromatic N) is 4. The number of nitrogens with one attached hydrogen (secondary N) is 1. The van der Waals surface area contributed by atoms with E-state index in [-0.39, 0.29) is 30.1 Å². The molecule has 146 valence electrons. The Balaban J connectivity index is 0.00000576. The molecule has 1 rings (SSSR count). The third-order valence-electron chi connectivity index (χ3n) is 4.33. The van der Waals surface area contributed by atoms with Crippen LogP contribution in [0.4, 0.5) is 0 Å². The first-order valence-electron chi connectivity index (χ1n) is 8.52. The molecule has 25 heavy (non-hydrogen) atoms. The lowest BCUT2D eigenvalue weighted by Gasteiger charge is -2.26. The van der Waals surface area contributed by atoms with Crippen molar-refractivity contribution < 1.29 is 4.74 Å². The van der Waals surface area contributed by atoms with Crippen LogP contribution >= 0.6 is 35.3 Å². The fourth-order valence-electron chi connectivity index (χ4n) is 2.26. The fraction of sp³-hybridized carbons (Fsp3) is 0.765. The van der Waals surface area contributed by atoms with Gasteiger partial charge in [-0.3, -0.25) is 4.99 Å². The summed E-state index contributed by atoms with van der Waals surface area (Å²) in [5, 5.41) is 6.53. The zero-order chi connectivity index (χ0) is 18.1. The second kappa shape index (κ2) is 12.8. The van der Waals surface area contributed by atoms with E-state index in [2.05, 4.69) is 51.4 Å². The van der Waals surface area contributed by atoms with Gasteiger partial charge < -0.3 is 19.9 Å². The molecule has 0 saturated heterocycles. The zero-order valence-electron chi connectivity index (χ0n) is 16.6. The number of aliphatic imine (C=N–C) groups is 1. The topological polar surface area (TPSA) is 53.0 Å². The van der Waals surface area contributed by atoms with Crippen LogP contribution in [-0.2, 0) is 11.3 Å². The zero-order valence-corrected chi connectivity index (χ0v) is 19.7. The molecule has 2 atom stereocenters.